The number of urea groups is 1. The van der Waals surface area contributed by atoms with Crippen LogP contribution in [-0.2, 0) is 6.42 Å². The minimum atomic E-state index is 0.0469. The number of carbonyl (C=O) groups excluding carboxylic acids is 1. The van der Waals surface area contributed by atoms with E-state index < -0.39 is 0 Å². The number of fused-ring (bicyclic) bond motifs is 1. The highest BCUT2D eigenvalue weighted by Gasteiger charge is 2.36. The first-order valence-electron chi connectivity index (χ1n) is 7.09. The van der Waals surface area contributed by atoms with Gasteiger partial charge >= 0.3 is 6.03 Å². The molecule has 2 amide bonds. The number of rotatable bonds is 3. The quantitative estimate of drug-likeness (QED) is 0.825. The summed E-state index contributed by atoms with van der Waals surface area (Å²) in [6, 6.07) is 0.271. The molecule has 0 spiro atoms. The summed E-state index contributed by atoms with van der Waals surface area (Å²) in [5.74, 6) is 1.50. The lowest BCUT2D eigenvalue weighted by molar-refractivity contribution is 0.197. The molecule has 3 heterocycles. The van der Waals surface area contributed by atoms with Crippen molar-refractivity contribution in [3.63, 3.8) is 0 Å². The Labute approximate surface area is 118 Å². The van der Waals surface area contributed by atoms with Crippen LogP contribution in [0.3, 0.4) is 0 Å². The van der Waals surface area contributed by atoms with Gasteiger partial charge in [0.25, 0.3) is 0 Å². The van der Waals surface area contributed by atoms with E-state index in [1.165, 1.54) is 6.33 Å². The van der Waals surface area contributed by atoms with Crippen molar-refractivity contribution in [2.75, 3.05) is 36.8 Å². The minimum Gasteiger partial charge on any atom is -0.383 e. The van der Waals surface area contributed by atoms with E-state index in [2.05, 4.69) is 27.1 Å². The lowest BCUT2D eigenvalue weighted by Gasteiger charge is -2.37. The fraction of sp³-hybridized carbons (Fsp3) is 0.615. The van der Waals surface area contributed by atoms with Crippen LogP contribution in [0.5, 0.6) is 0 Å². The maximum atomic E-state index is 11.6. The van der Waals surface area contributed by atoms with Crippen molar-refractivity contribution in [1.82, 2.24) is 20.2 Å². The Morgan fingerprint density at radius 3 is 3.10 bits per heavy atom. The van der Waals surface area contributed by atoms with Crippen molar-refractivity contribution < 1.29 is 4.79 Å². The fourth-order valence-electron chi connectivity index (χ4n) is 2.97. The summed E-state index contributed by atoms with van der Waals surface area (Å²) in [6.45, 7) is 5.14. The fourth-order valence-corrected chi connectivity index (χ4v) is 2.97. The normalized spacial score (nSPS) is 21.9. The SMILES string of the molecule is CCCc1c(N)ncnc1N1CCN2C(=O)NCC2C1. The maximum Gasteiger partial charge on any atom is 0.317 e. The van der Waals surface area contributed by atoms with Crippen molar-refractivity contribution in [1.29, 1.82) is 0 Å². The number of piperazine rings is 1. The van der Waals surface area contributed by atoms with Gasteiger partial charge < -0.3 is 20.9 Å². The number of nitrogens with zero attached hydrogens (tertiary/aromatic N) is 4. The van der Waals surface area contributed by atoms with Gasteiger partial charge in [-0.15, -0.1) is 0 Å². The molecule has 1 unspecified atom stereocenters. The van der Waals surface area contributed by atoms with Crippen LogP contribution in [0, 0.1) is 0 Å². The van der Waals surface area contributed by atoms with Gasteiger partial charge in [0.05, 0.1) is 6.04 Å². The largest absolute Gasteiger partial charge is 0.383 e. The van der Waals surface area contributed by atoms with E-state index in [0.717, 1.165) is 43.9 Å². The number of nitrogens with one attached hydrogen (secondary N) is 1. The first kappa shape index (κ1) is 13.0. The van der Waals surface area contributed by atoms with Gasteiger partial charge in [-0.1, -0.05) is 13.3 Å². The second-order valence-electron chi connectivity index (χ2n) is 5.29. The predicted molar refractivity (Wildman–Crippen MR) is 76.5 cm³/mol. The number of nitrogens with two attached hydrogens (primary N) is 1. The number of hydrogen-bond acceptors (Lipinski definition) is 5. The van der Waals surface area contributed by atoms with Crippen LogP contribution in [-0.4, -0.2) is 53.1 Å². The molecule has 1 atom stereocenters. The number of carbonyl (C=O) groups is 1. The molecule has 3 rings (SSSR count). The van der Waals surface area contributed by atoms with Crippen LogP contribution in [0.1, 0.15) is 18.9 Å². The monoisotopic (exact) mass is 276 g/mol. The Bertz CT molecular complexity index is 520. The number of nitrogen functional groups attached to an aromatic ring is 1. The van der Waals surface area contributed by atoms with E-state index in [1.54, 1.807) is 0 Å². The Balaban J connectivity index is 1.83. The van der Waals surface area contributed by atoms with Crippen LogP contribution < -0.4 is 16.0 Å². The molecule has 2 aliphatic rings. The van der Waals surface area contributed by atoms with Gasteiger partial charge in [-0.25, -0.2) is 14.8 Å². The zero-order chi connectivity index (χ0) is 14.1. The molecule has 0 aliphatic carbocycles. The zero-order valence-electron chi connectivity index (χ0n) is 11.7. The van der Waals surface area contributed by atoms with E-state index in [0.29, 0.717) is 12.4 Å². The zero-order valence-corrected chi connectivity index (χ0v) is 11.7. The summed E-state index contributed by atoms with van der Waals surface area (Å²) in [6.07, 6.45) is 3.41. The van der Waals surface area contributed by atoms with Gasteiger partial charge in [0, 0.05) is 31.7 Å². The molecule has 2 saturated heterocycles. The van der Waals surface area contributed by atoms with Gasteiger partial charge in [0.15, 0.2) is 0 Å². The summed E-state index contributed by atoms with van der Waals surface area (Å²) < 4.78 is 0. The summed E-state index contributed by atoms with van der Waals surface area (Å²) in [7, 11) is 0. The molecule has 0 bridgehead atoms. The molecule has 0 radical (unpaired) electrons. The molecule has 7 nitrogen and oxygen atoms in total. The van der Waals surface area contributed by atoms with E-state index in [9.17, 15) is 4.79 Å². The molecule has 0 saturated carbocycles. The molecule has 7 heteroatoms. The third-order valence-corrected chi connectivity index (χ3v) is 3.99. The van der Waals surface area contributed by atoms with Crippen LogP contribution in [0.25, 0.3) is 0 Å². The lowest BCUT2D eigenvalue weighted by atomic mass is 10.1. The highest BCUT2D eigenvalue weighted by Crippen LogP contribution is 2.26. The molecule has 3 N–H and O–H groups in total. The number of anilines is 2. The Morgan fingerprint density at radius 1 is 1.45 bits per heavy atom. The van der Waals surface area contributed by atoms with Crippen LogP contribution in [0.4, 0.5) is 16.4 Å². The molecule has 20 heavy (non-hydrogen) atoms. The smallest absolute Gasteiger partial charge is 0.317 e. The molecule has 0 aromatic carbocycles. The standard InChI is InChI=1S/C13H20N6O/c1-2-3-10-11(14)16-8-17-12(10)18-4-5-19-9(7-18)6-15-13(19)20/h8-9H,2-7H2,1H3,(H,15,20)(H2,14,16,17). The minimum absolute atomic E-state index is 0.0469. The van der Waals surface area contributed by atoms with E-state index in [-0.39, 0.29) is 12.1 Å². The second kappa shape index (κ2) is 5.15. The van der Waals surface area contributed by atoms with Crippen molar-refractivity contribution >= 4 is 17.7 Å². The van der Waals surface area contributed by atoms with Crippen molar-refractivity contribution in [3.05, 3.63) is 11.9 Å². The molecule has 1 aromatic rings. The van der Waals surface area contributed by atoms with Crippen molar-refractivity contribution in [2.24, 2.45) is 0 Å². The molecule has 108 valence electrons. The van der Waals surface area contributed by atoms with Gasteiger partial charge in [-0.2, -0.15) is 0 Å². The number of aromatic nitrogens is 2. The van der Waals surface area contributed by atoms with Crippen molar-refractivity contribution in [3.8, 4) is 0 Å². The number of amides is 2. The summed E-state index contributed by atoms with van der Waals surface area (Å²) in [4.78, 5) is 24.3. The molecule has 2 aliphatic heterocycles. The molecule has 2 fully saturated rings. The molecular weight excluding hydrogens is 256 g/mol. The topological polar surface area (TPSA) is 87.4 Å². The second-order valence-corrected chi connectivity index (χ2v) is 5.29. The third-order valence-electron chi connectivity index (χ3n) is 3.99. The summed E-state index contributed by atoms with van der Waals surface area (Å²) in [5, 5.41) is 2.89. The third kappa shape index (κ3) is 2.13. The van der Waals surface area contributed by atoms with E-state index >= 15 is 0 Å². The predicted octanol–water partition coefficient (Wildman–Crippen LogP) is 0.225. The summed E-state index contributed by atoms with van der Waals surface area (Å²) >= 11 is 0. The Kier molecular flexibility index (Phi) is 3.33. The first-order valence-corrected chi connectivity index (χ1v) is 7.09. The average Bonchev–Trinajstić information content (AvgIpc) is 2.82. The van der Waals surface area contributed by atoms with E-state index in [4.69, 9.17) is 5.73 Å². The van der Waals surface area contributed by atoms with Crippen molar-refractivity contribution in [2.45, 2.75) is 25.8 Å². The van der Waals surface area contributed by atoms with E-state index in [1.807, 2.05) is 4.90 Å². The lowest BCUT2D eigenvalue weighted by Crippen LogP contribution is -2.52. The number of hydrogen-bond donors (Lipinski definition) is 2. The first-order chi connectivity index (χ1) is 9.70. The maximum absolute atomic E-state index is 11.6. The van der Waals surface area contributed by atoms with Crippen LogP contribution in [0.15, 0.2) is 6.33 Å². The van der Waals surface area contributed by atoms with Gasteiger partial charge in [-0.05, 0) is 6.42 Å². The van der Waals surface area contributed by atoms with Gasteiger partial charge in [-0.3, -0.25) is 0 Å². The van der Waals surface area contributed by atoms with Crippen LogP contribution in [0.2, 0.25) is 0 Å². The van der Waals surface area contributed by atoms with Crippen LogP contribution >= 0.6 is 0 Å². The highest BCUT2D eigenvalue weighted by molar-refractivity contribution is 5.77. The van der Waals surface area contributed by atoms with Gasteiger partial charge in [0.1, 0.15) is 18.0 Å². The molecule has 1 aromatic heterocycles. The molecular formula is C13H20N6O. The highest BCUT2D eigenvalue weighted by atomic mass is 16.2. The Morgan fingerprint density at radius 2 is 2.30 bits per heavy atom. The summed E-state index contributed by atoms with van der Waals surface area (Å²) in [5.41, 5.74) is 7.02. The average molecular weight is 276 g/mol. The Hall–Kier alpha value is -2.05. The van der Waals surface area contributed by atoms with Gasteiger partial charge in [0.2, 0.25) is 0 Å².